The van der Waals surface area contributed by atoms with Gasteiger partial charge in [0.05, 0.1) is 4.90 Å². The van der Waals surface area contributed by atoms with Crippen molar-refractivity contribution in [2.75, 3.05) is 5.32 Å². The second-order valence-electron chi connectivity index (χ2n) is 3.16. The number of carbonyl (C=O) groups excluding carboxylic acids is 1. The number of anilines is 1. The summed E-state index contributed by atoms with van der Waals surface area (Å²) in [4.78, 5) is 10.8. The monoisotopic (exact) mass is 245 g/mol. The van der Waals surface area contributed by atoms with E-state index in [1.807, 2.05) is 0 Å². The van der Waals surface area contributed by atoms with E-state index in [0.717, 1.165) is 12.1 Å². The number of benzene rings is 1. The van der Waals surface area contributed by atoms with Crippen molar-refractivity contribution in [2.45, 2.75) is 17.9 Å². The van der Waals surface area contributed by atoms with Crippen molar-refractivity contribution in [3.8, 4) is 0 Å². The minimum Gasteiger partial charge on any atom is -0.384 e. The Morgan fingerprint density at radius 3 is 2.19 bits per heavy atom. The number of hydrogen-bond acceptors (Lipinski definition) is 4. The lowest BCUT2D eigenvalue weighted by Crippen LogP contribution is -2.24. The summed E-state index contributed by atoms with van der Waals surface area (Å²) in [5, 5.41) is 11.3. The van der Waals surface area contributed by atoms with Gasteiger partial charge in [-0.2, -0.15) is 8.42 Å². The Bertz CT molecular complexity index is 477. The summed E-state index contributed by atoms with van der Waals surface area (Å²) in [6.07, 6.45) is -1.15. The molecule has 1 aromatic rings. The summed E-state index contributed by atoms with van der Waals surface area (Å²) in [5.41, 5.74) is 0.332. The molecule has 0 bridgehead atoms. The number of carbonyl (C=O) groups is 1. The van der Waals surface area contributed by atoms with Gasteiger partial charge in [-0.15, -0.1) is 0 Å². The highest BCUT2D eigenvalue weighted by Gasteiger charge is 2.11. The first-order valence-electron chi connectivity index (χ1n) is 4.37. The van der Waals surface area contributed by atoms with Crippen LogP contribution < -0.4 is 5.32 Å². The van der Waals surface area contributed by atoms with Crippen molar-refractivity contribution in [1.82, 2.24) is 0 Å². The second-order valence-corrected chi connectivity index (χ2v) is 4.59. The lowest BCUT2D eigenvalue weighted by atomic mass is 10.3. The van der Waals surface area contributed by atoms with E-state index in [-0.39, 0.29) is 4.90 Å². The maximum Gasteiger partial charge on any atom is 0.294 e. The quantitative estimate of drug-likeness (QED) is 0.662. The standard InChI is InChI=1S/C9H11NO5S/c1-6(11)9(12)10-7-2-4-8(5-3-7)16(13,14)15/h2-6,11H,1H3,(H,10,12)(H,13,14,15). The Kier molecular flexibility index (Phi) is 3.63. The van der Waals surface area contributed by atoms with Gasteiger partial charge in [-0.05, 0) is 31.2 Å². The van der Waals surface area contributed by atoms with Gasteiger partial charge in [-0.3, -0.25) is 9.35 Å². The molecule has 7 heteroatoms. The number of aliphatic hydroxyl groups excluding tert-OH is 1. The molecule has 16 heavy (non-hydrogen) atoms. The highest BCUT2D eigenvalue weighted by molar-refractivity contribution is 7.85. The molecule has 0 fully saturated rings. The Morgan fingerprint density at radius 1 is 1.31 bits per heavy atom. The maximum absolute atomic E-state index is 11.1. The van der Waals surface area contributed by atoms with E-state index in [0.29, 0.717) is 5.69 Å². The Labute approximate surface area is 92.7 Å². The zero-order chi connectivity index (χ0) is 12.3. The largest absolute Gasteiger partial charge is 0.384 e. The molecule has 0 spiro atoms. The number of aliphatic hydroxyl groups is 1. The molecule has 1 unspecified atom stereocenters. The Balaban J connectivity index is 2.84. The molecular weight excluding hydrogens is 234 g/mol. The van der Waals surface area contributed by atoms with Gasteiger partial charge in [0.2, 0.25) is 0 Å². The van der Waals surface area contributed by atoms with Crippen molar-refractivity contribution >= 4 is 21.7 Å². The Morgan fingerprint density at radius 2 is 1.81 bits per heavy atom. The molecule has 3 N–H and O–H groups in total. The number of rotatable bonds is 3. The van der Waals surface area contributed by atoms with E-state index >= 15 is 0 Å². The van der Waals surface area contributed by atoms with Crippen LogP contribution in [0.25, 0.3) is 0 Å². The average Bonchev–Trinajstić information content (AvgIpc) is 2.17. The van der Waals surface area contributed by atoms with Crippen molar-refractivity contribution in [2.24, 2.45) is 0 Å². The first kappa shape index (κ1) is 12.6. The average molecular weight is 245 g/mol. The second kappa shape index (κ2) is 4.60. The molecule has 1 rings (SSSR count). The molecule has 1 aromatic carbocycles. The van der Waals surface area contributed by atoms with Crippen molar-refractivity contribution in [1.29, 1.82) is 0 Å². The van der Waals surface area contributed by atoms with Crippen LogP contribution in [-0.4, -0.2) is 30.1 Å². The number of nitrogens with one attached hydrogen (secondary N) is 1. The van der Waals surface area contributed by atoms with Crippen LogP contribution in [-0.2, 0) is 14.9 Å². The lowest BCUT2D eigenvalue weighted by molar-refractivity contribution is -0.123. The van der Waals surface area contributed by atoms with E-state index in [4.69, 9.17) is 9.66 Å². The number of amides is 1. The predicted molar refractivity (Wildman–Crippen MR) is 56.6 cm³/mol. The van der Waals surface area contributed by atoms with E-state index in [1.165, 1.54) is 19.1 Å². The third-order valence-corrected chi connectivity index (χ3v) is 2.67. The lowest BCUT2D eigenvalue weighted by Gasteiger charge is -2.07. The van der Waals surface area contributed by atoms with Crippen LogP contribution in [0.3, 0.4) is 0 Å². The van der Waals surface area contributed by atoms with Gasteiger partial charge in [0.25, 0.3) is 16.0 Å². The zero-order valence-electron chi connectivity index (χ0n) is 8.41. The zero-order valence-corrected chi connectivity index (χ0v) is 9.23. The van der Waals surface area contributed by atoms with Crippen LogP contribution in [0, 0.1) is 0 Å². The van der Waals surface area contributed by atoms with E-state index in [9.17, 15) is 13.2 Å². The van der Waals surface area contributed by atoms with Gasteiger partial charge < -0.3 is 10.4 Å². The van der Waals surface area contributed by atoms with Crippen LogP contribution >= 0.6 is 0 Å². The molecule has 0 radical (unpaired) electrons. The highest BCUT2D eigenvalue weighted by atomic mass is 32.2. The van der Waals surface area contributed by atoms with E-state index < -0.39 is 22.1 Å². The fourth-order valence-corrected chi connectivity index (χ4v) is 1.44. The number of hydrogen-bond donors (Lipinski definition) is 3. The van der Waals surface area contributed by atoms with Crippen molar-refractivity contribution in [3.05, 3.63) is 24.3 Å². The molecule has 88 valence electrons. The third-order valence-electron chi connectivity index (χ3n) is 1.80. The molecule has 0 aliphatic heterocycles. The van der Waals surface area contributed by atoms with Crippen LogP contribution in [0.4, 0.5) is 5.69 Å². The van der Waals surface area contributed by atoms with Gasteiger partial charge in [-0.25, -0.2) is 0 Å². The van der Waals surface area contributed by atoms with Crippen LogP contribution in [0.5, 0.6) is 0 Å². The first-order valence-corrected chi connectivity index (χ1v) is 5.81. The van der Waals surface area contributed by atoms with Crippen molar-refractivity contribution < 1.29 is 22.9 Å². The minimum absolute atomic E-state index is 0.262. The summed E-state index contributed by atoms with van der Waals surface area (Å²) >= 11 is 0. The molecule has 1 atom stereocenters. The highest BCUT2D eigenvalue weighted by Crippen LogP contribution is 2.13. The molecular formula is C9H11NO5S. The molecule has 6 nitrogen and oxygen atoms in total. The van der Waals surface area contributed by atoms with Crippen LogP contribution in [0.2, 0.25) is 0 Å². The van der Waals surface area contributed by atoms with E-state index in [1.54, 1.807) is 0 Å². The van der Waals surface area contributed by atoms with Gasteiger partial charge in [-0.1, -0.05) is 0 Å². The summed E-state index contributed by atoms with van der Waals surface area (Å²) in [6, 6.07) is 4.91. The van der Waals surface area contributed by atoms with E-state index in [2.05, 4.69) is 5.32 Å². The SMILES string of the molecule is CC(O)C(=O)Nc1ccc(S(=O)(=O)O)cc1. The molecule has 0 aliphatic carbocycles. The fourth-order valence-electron chi connectivity index (χ4n) is 0.957. The minimum atomic E-state index is -4.23. The summed E-state index contributed by atoms with van der Waals surface area (Å²) in [6.45, 7) is 1.31. The topological polar surface area (TPSA) is 104 Å². The van der Waals surface area contributed by atoms with Crippen LogP contribution in [0.1, 0.15) is 6.92 Å². The summed E-state index contributed by atoms with van der Waals surface area (Å²) in [5.74, 6) is -0.598. The molecule has 0 saturated heterocycles. The van der Waals surface area contributed by atoms with Gasteiger partial charge >= 0.3 is 0 Å². The Hall–Kier alpha value is -1.44. The molecule has 0 aliphatic rings. The van der Waals surface area contributed by atoms with Gasteiger partial charge in [0.1, 0.15) is 6.10 Å². The van der Waals surface area contributed by atoms with Gasteiger partial charge in [0, 0.05) is 5.69 Å². The van der Waals surface area contributed by atoms with Crippen molar-refractivity contribution in [3.63, 3.8) is 0 Å². The first-order chi connectivity index (χ1) is 7.30. The summed E-state index contributed by atoms with van der Waals surface area (Å²) < 4.78 is 30.1. The molecule has 1 amide bonds. The smallest absolute Gasteiger partial charge is 0.294 e. The summed E-state index contributed by atoms with van der Waals surface area (Å²) in [7, 11) is -4.23. The molecule has 0 saturated carbocycles. The van der Waals surface area contributed by atoms with Crippen LogP contribution in [0.15, 0.2) is 29.2 Å². The normalized spacial score (nSPS) is 13.2. The molecule has 0 aromatic heterocycles. The predicted octanol–water partition coefficient (Wildman–Crippen LogP) is 0.253. The molecule has 0 heterocycles. The van der Waals surface area contributed by atoms with Gasteiger partial charge in [0.15, 0.2) is 0 Å². The fraction of sp³-hybridized carbons (Fsp3) is 0.222. The third kappa shape index (κ3) is 3.30. The maximum atomic E-state index is 11.1.